The van der Waals surface area contributed by atoms with Crippen molar-refractivity contribution in [2.24, 2.45) is 0 Å². The summed E-state index contributed by atoms with van der Waals surface area (Å²) in [5.41, 5.74) is 4.87. The third-order valence-corrected chi connectivity index (χ3v) is 5.63. The number of carbonyl (C=O) groups is 1. The smallest absolute Gasteiger partial charge is 0.261 e. The van der Waals surface area contributed by atoms with Gasteiger partial charge in [-0.15, -0.1) is 0 Å². The van der Waals surface area contributed by atoms with Crippen molar-refractivity contribution in [3.8, 4) is 0 Å². The number of nitrogens with zero attached hydrogens (tertiary/aromatic N) is 4. The normalized spacial score (nSPS) is 15.4. The molecule has 1 fully saturated rings. The number of hydrogen-bond acceptors (Lipinski definition) is 5. The lowest BCUT2D eigenvalue weighted by Gasteiger charge is -2.18. The van der Waals surface area contributed by atoms with Crippen LogP contribution in [0.5, 0.6) is 0 Å². The van der Waals surface area contributed by atoms with Crippen molar-refractivity contribution in [3.63, 3.8) is 0 Å². The third kappa shape index (κ3) is 3.53. The van der Waals surface area contributed by atoms with Crippen LogP contribution in [-0.4, -0.2) is 35.5 Å². The van der Waals surface area contributed by atoms with E-state index in [1.54, 1.807) is 17.3 Å². The molecule has 1 aromatic heterocycles. The van der Waals surface area contributed by atoms with Crippen molar-refractivity contribution in [2.45, 2.75) is 19.3 Å². The Bertz CT molecular complexity index is 1010. The zero-order valence-corrected chi connectivity index (χ0v) is 16.2. The van der Waals surface area contributed by atoms with Gasteiger partial charge in [0.1, 0.15) is 0 Å². The van der Waals surface area contributed by atoms with Crippen molar-refractivity contribution in [1.29, 1.82) is 0 Å². The molecule has 2 aliphatic heterocycles. The van der Waals surface area contributed by atoms with E-state index in [-0.39, 0.29) is 5.91 Å². The lowest BCUT2D eigenvalue weighted by atomic mass is 10.2. The minimum Gasteiger partial charge on any atom is -0.372 e. The average molecular weight is 385 g/mol. The molecule has 6 heteroatoms. The summed E-state index contributed by atoms with van der Waals surface area (Å²) in [5, 5.41) is 3.21. The second-order valence-electron chi connectivity index (χ2n) is 7.50. The van der Waals surface area contributed by atoms with Gasteiger partial charge in [0.15, 0.2) is 0 Å². The van der Waals surface area contributed by atoms with Gasteiger partial charge in [-0.25, -0.2) is 9.97 Å². The van der Waals surface area contributed by atoms with Gasteiger partial charge in [-0.3, -0.25) is 4.79 Å². The van der Waals surface area contributed by atoms with E-state index in [9.17, 15) is 4.79 Å². The van der Waals surface area contributed by atoms with Gasteiger partial charge in [0.2, 0.25) is 5.95 Å². The highest BCUT2D eigenvalue weighted by molar-refractivity contribution is 6.07. The first-order valence-electron chi connectivity index (χ1n) is 10.1. The molecule has 0 radical (unpaired) electrons. The first-order chi connectivity index (χ1) is 14.3. The van der Waals surface area contributed by atoms with Gasteiger partial charge in [0.25, 0.3) is 5.91 Å². The van der Waals surface area contributed by atoms with Crippen LogP contribution >= 0.6 is 0 Å². The van der Waals surface area contributed by atoms with Gasteiger partial charge >= 0.3 is 0 Å². The largest absolute Gasteiger partial charge is 0.372 e. The highest BCUT2D eigenvalue weighted by atomic mass is 16.2. The molecule has 29 heavy (non-hydrogen) atoms. The molecule has 5 rings (SSSR count). The van der Waals surface area contributed by atoms with Crippen LogP contribution in [0.3, 0.4) is 0 Å². The number of nitrogens with one attached hydrogen (secondary N) is 1. The van der Waals surface area contributed by atoms with Crippen LogP contribution in [0.4, 0.5) is 23.0 Å². The van der Waals surface area contributed by atoms with Crippen LogP contribution in [-0.2, 0) is 6.42 Å². The molecular weight excluding hydrogens is 362 g/mol. The molecule has 0 spiro atoms. The molecular formula is C23H23N5O. The number of rotatable bonds is 4. The minimum absolute atomic E-state index is 0.0588. The Morgan fingerprint density at radius 1 is 0.897 bits per heavy atom. The molecule has 0 aliphatic carbocycles. The summed E-state index contributed by atoms with van der Waals surface area (Å²) in [4.78, 5) is 25.8. The van der Waals surface area contributed by atoms with Gasteiger partial charge in [0.05, 0.1) is 5.56 Å². The maximum atomic E-state index is 12.9. The van der Waals surface area contributed by atoms with E-state index in [0.29, 0.717) is 18.1 Å². The fraction of sp³-hybridized carbons (Fsp3) is 0.261. The van der Waals surface area contributed by atoms with E-state index in [1.807, 2.05) is 30.3 Å². The first-order valence-corrected chi connectivity index (χ1v) is 10.1. The number of carbonyl (C=O) groups excluding carboxylic acids is 1. The number of anilines is 4. The molecule has 0 saturated carbocycles. The Labute approximate surface area is 170 Å². The predicted octanol–water partition coefficient (Wildman–Crippen LogP) is 4.02. The van der Waals surface area contributed by atoms with Crippen molar-refractivity contribution >= 4 is 28.9 Å². The highest BCUT2D eigenvalue weighted by Crippen LogP contribution is 2.29. The first kappa shape index (κ1) is 17.7. The number of aromatic nitrogens is 2. The van der Waals surface area contributed by atoms with Gasteiger partial charge in [-0.1, -0.05) is 18.2 Å². The fourth-order valence-corrected chi connectivity index (χ4v) is 4.07. The topological polar surface area (TPSA) is 61.4 Å². The maximum Gasteiger partial charge on any atom is 0.261 e. The molecule has 6 nitrogen and oxygen atoms in total. The maximum absolute atomic E-state index is 12.9. The standard InChI is InChI=1S/C23H23N5O/c29-22(28-14-11-17-5-1-2-6-21(17)28)18-15-24-23(25-16-18)26-19-7-9-20(10-8-19)27-12-3-4-13-27/h1-2,5-10,15-16H,3-4,11-14H2,(H,24,25,26). The van der Waals surface area contributed by atoms with E-state index in [0.717, 1.165) is 30.9 Å². The molecule has 0 unspecified atom stereocenters. The second kappa shape index (κ2) is 7.54. The molecule has 0 atom stereocenters. The average Bonchev–Trinajstić information content (AvgIpc) is 3.45. The summed E-state index contributed by atoms with van der Waals surface area (Å²) in [6.45, 7) is 2.96. The van der Waals surface area contributed by atoms with Crippen LogP contribution < -0.4 is 15.1 Å². The van der Waals surface area contributed by atoms with Crippen molar-refractivity contribution in [1.82, 2.24) is 9.97 Å². The minimum atomic E-state index is -0.0588. The Hall–Kier alpha value is -3.41. The zero-order chi connectivity index (χ0) is 19.6. The van der Waals surface area contributed by atoms with E-state index < -0.39 is 0 Å². The fourth-order valence-electron chi connectivity index (χ4n) is 4.07. The van der Waals surface area contributed by atoms with E-state index in [2.05, 4.69) is 38.4 Å². The third-order valence-electron chi connectivity index (χ3n) is 5.63. The summed E-state index contributed by atoms with van der Waals surface area (Å²) < 4.78 is 0. The quantitative estimate of drug-likeness (QED) is 0.735. The van der Waals surface area contributed by atoms with Crippen molar-refractivity contribution in [2.75, 3.05) is 34.8 Å². The Balaban J connectivity index is 1.26. The van der Waals surface area contributed by atoms with Gasteiger partial charge < -0.3 is 15.1 Å². The SMILES string of the molecule is O=C(c1cnc(Nc2ccc(N3CCCC3)cc2)nc1)N1CCc2ccccc21. The van der Waals surface area contributed by atoms with Crippen LogP contribution in [0.2, 0.25) is 0 Å². The molecule has 2 aliphatic rings. The summed E-state index contributed by atoms with van der Waals surface area (Å²) in [6, 6.07) is 16.3. The zero-order valence-electron chi connectivity index (χ0n) is 16.2. The van der Waals surface area contributed by atoms with Gasteiger partial charge in [-0.05, 0) is 55.2 Å². The molecule has 1 N–H and O–H groups in total. The molecule has 2 aromatic carbocycles. The summed E-state index contributed by atoms with van der Waals surface area (Å²) in [7, 11) is 0. The van der Waals surface area contributed by atoms with Gasteiger partial charge in [-0.2, -0.15) is 0 Å². The predicted molar refractivity (Wildman–Crippen MR) is 115 cm³/mol. The van der Waals surface area contributed by atoms with Crippen LogP contribution in [0.25, 0.3) is 0 Å². The summed E-state index contributed by atoms with van der Waals surface area (Å²) in [6.07, 6.45) is 6.61. The molecule has 3 heterocycles. The van der Waals surface area contributed by atoms with E-state index >= 15 is 0 Å². The van der Waals surface area contributed by atoms with E-state index in [1.165, 1.54) is 24.1 Å². The van der Waals surface area contributed by atoms with Crippen LogP contribution in [0, 0.1) is 0 Å². The molecule has 146 valence electrons. The monoisotopic (exact) mass is 385 g/mol. The molecule has 1 amide bonds. The number of hydrogen-bond donors (Lipinski definition) is 1. The Kier molecular flexibility index (Phi) is 4.60. The van der Waals surface area contributed by atoms with Crippen molar-refractivity contribution in [3.05, 3.63) is 72.1 Å². The van der Waals surface area contributed by atoms with Gasteiger partial charge in [0, 0.05) is 49.1 Å². The number of fused-ring (bicyclic) bond motifs is 1. The number of para-hydroxylation sites is 1. The molecule has 3 aromatic rings. The molecule has 0 bridgehead atoms. The van der Waals surface area contributed by atoms with Crippen LogP contribution in [0.15, 0.2) is 60.9 Å². The lowest BCUT2D eigenvalue weighted by molar-refractivity contribution is 0.0988. The number of amides is 1. The highest BCUT2D eigenvalue weighted by Gasteiger charge is 2.25. The molecule has 1 saturated heterocycles. The lowest BCUT2D eigenvalue weighted by Crippen LogP contribution is -2.29. The Morgan fingerprint density at radius 3 is 2.38 bits per heavy atom. The van der Waals surface area contributed by atoms with Crippen LogP contribution in [0.1, 0.15) is 28.8 Å². The number of benzene rings is 2. The van der Waals surface area contributed by atoms with E-state index in [4.69, 9.17) is 0 Å². The second-order valence-corrected chi connectivity index (χ2v) is 7.50. The Morgan fingerprint density at radius 2 is 1.62 bits per heavy atom. The summed E-state index contributed by atoms with van der Waals surface area (Å²) in [5.74, 6) is 0.425. The summed E-state index contributed by atoms with van der Waals surface area (Å²) >= 11 is 0. The van der Waals surface area contributed by atoms with Crippen molar-refractivity contribution < 1.29 is 4.79 Å².